The molecule has 0 radical (unpaired) electrons. The third kappa shape index (κ3) is 2.65. The molecule has 1 N–H and O–H groups in total. The molecule has 2 aliphatic heterocycles. The van der Waals surface area contributed by atoms with Crippen LogP contribution in [0.15, 0.2) is 35.5 Å². The highest BCUT2D eigenvalue weighted by Gasteiger charge is 2.31. The lowest BCUT2D eigenvalue weighted by atomic mass is 10.1. The fraction of sp³-hybridized carbons (Fsp3) is 0.368. The van der Waals surface area contributed by atoms with Crippen molar-refractivity contribution in [2.24, 2.45) is 0 Å². The summed E-state index contributed by atoms with van der Waals surface area (Å²) in [6, 6.07) is 2.91. The number of aryl methyl sites for hydroxylation is 1. The van der Waals surface area contributed by atoms with Gasteiger partial charge < -0.3 is 14.8 Å². The van der Waals surface area contributed by atoms with Gasteiger partial charge in [-0.25, -0.2) is 13.9 Å². The molecule has 9 heteroatoms. The van der Waals surface area contributed by atoms with Crippen molar-refractivity contribution in [3.8, 4) is 0 Å². The van der Waals surface area contributed by atoms with Crippen molar-refractivity contribution < 1.29 is 9.18 Å². The highest BCUT2D eigenvalue weighted by molar-refractivity contribution is 5.99. The van der Waals surface area contributed by atoms with Crippen molar-refractivity contribution in [1.82, 2.24) is 24.5 Å². The van der Waals surface area contributed by atoms with E-state index in [1.54, 1.807) is 10.7 Å². The van der Waals surface area contributed by atoms with Crippen LogP contribution in [-0.4, -0.2) is 38.2 Å². The summed E-state index contributed by atoms with van der Waals surface area (Å²) in [7, 11) is 0. The van der Waals surface area contributed by atoms with Crippen molar-refractivity contribution in [3.63, 3.8) is 0 Å². The molecule has 3 aromatic rings. The van der Waals surface area contributed by atoms with Crippen LogP contribution in [0.4, 0.5) is 10.2 Å². The van der Waals surface area contributed by atoms with E-state index >= 15 is 0 Å². The van der Waals surface area contributed by atoms with Gasteiger partial charge in [-0.1, -0.05) is 0 Å². The number of nitrogens with zero attached hydrogens (tertiary/aromatic N) is 5. The van der Waals surface area contributed by atoms with Gasteiger partial charge in [-0.15, -0.1) is 0 Å². The van der Waals surface area contributed by atoms with E-state index in [-0.39, 0.29) is 17.5 Å². The zero-order valence-electron chi connectivity index (χ0n) is 15.1. The first kappa shape index (κ1) is 16.9. The van der Waals surface area contributed by atoms with Gasteiger partial charge in [0.25, 0.3) is 11.5 Å². The van der Waals surface area contributed by atoms with Crippen molar-refractivity contribution >= 4 is 17.4 Å². The topological polar surface area (TPSA) is 84.5 Å². The molecule has 0 unspecified atom stereocenters. The number of fused-ring (bicyclic) bond motifs is 6. The summed E-state index contributed by atoms with van der Waals surface area (Å²) in [6.07, 6.45) is 6.63. The second-order valence-electron chi connectivity index (χ2n) is 7.19. The molecular weight excluding hydrogens is 363 g/mol. The minimum Gasteiger partial charge on any atom is -0.352 e. The summed E-state index contributed by atoms with van der Waals surface area (Å²) in [6.45, 7) is 1.41. The molecule has 3 aromatic heterocycles. The SMILES string of the molecule is O=C1NCCCn2cc(F)cc(c2=O)[C@H]2CCCN2c2ccn3ncc1c3n2. The van der Waals surface area contributed by atoms with Gasteiger partial charge >= 0.3 is 0 Å². The van der Waals surface area contributed by atoms with E-state index in [4.69, 9.17) is 0 Å². The minimum atomic E-state index is -0.431. The van der Waals surface area contributed by atoms with Crippen molar-refractivity contribution in [2.45, 2.75) is 31.8 Å². The Morgan fingerprint density at radius 3 is 3.00 bits per heavy atom. The number of nitrogens with one attached hydrogen (secondary N) is 1. The zero-order chi connectivity index (χ0) is 19.3. The highest BCUT2D eigenvalue weighted by Crippen LogP contribution is 2.34. The summed E-state index contributed by atoms with van der Waals surface area (Å²) < 4.78 is 17.2. The molecular formula is C19H19FN6O2. The van der Waals surface area contributed by atoms with E-state index in [0.717, 1.165) is 12.8 Å². The van der Waals surface area contributed by atoms with Crippen LogP contribution in [0.1, 0.15) is 41.2 Å². The number of hydrogen-bond donors (Lipinski definition) is 1. The van der Waals surface area contributed by atoms with E-state index in [2.05, 4.69) is 15.4 Å². The van der Waals surface area contributed by atoms with Gasteiger partial charge in [-0.2, -0.15) is 5.10 Å². The predicted octanol–water partition coefficient (Wildman–Crippen LogP) is 1.51. The summed E-state index contributed by atoms with van der Waals surface area (Å²) in [4.78, 5) is 32.2. The molecule has 5 rings (SSSR count). The molecule has 0 aliphatic carbocycles. The lowest BCUT2D eigenvalue weighted by Gasteiger charge is -2.26. The van der Waals surface area contributed by atoms with Crippen LogP contribution < -0.4 is 15.8 Å². The quantitative estimate of drug-likeness (QED) is 0.637. The maximum Gasteiger partial charge on any atom is 0.256 e. The number of rotatable bonds is 0. The molecule has 0 saturated carbocycles. The average Bonchev–Trinajstić information content (AvgIpc) is 3.33. The first-order valence-corrected chi connectivity index (χ1v) is 9.41. The number of carbonyl (C=O) groups is 1. The van der Waals surface area contributed by atoms with E-state index in [9.17, 15) is 14.0 Å². The zero-order valence-corrected chi connectivity index (χ0v) is 15.1. The molecule has 28 heavy (non-hydrogen) atoms. The van der Waals surface area contributed by atoms with E-state index in [0.29, 0.717) is 48.6 Å². The van der Waals surface area contributed by atoms with Crippen LogP contribution >= 0.6 is 0 Å². The average molecular weight is 382 g/mol. The summed E-state index contributed by atoms with van der Waals surface area (Å²) in [5, 5.41) is 7.03. The van der Waals surface area contributed by atoms with Crippen LogP contribution in [-0.2, 0) is 6.54 Å². The molecule has 1 amide bonds. The Morgan fingerprint density at radius 2 is 2.11 bits per heavy atom. The summed E-state index contributed by atoms with van der Waals surface area (Å²) in [5.41, 5.74) is 1.15. The van der Waals surface area contributed by atoms with Crippen LogP contribution in [0.5, 0.6) is 0 Å². The van der Waals surface area contributed by atoms with Gasteiger partial charge in [0.05, 0.1) is 12.2 Å². The Morgan fingerprint density at radius 1 is 1.21 bits per heavy atom. The van der Waals surface area contributed by atoms with Crippen LogP contribution in [0.3, 0.4) is 0 Å². The predicted molar refractivity (Wildman–Crippen MR) is 99.9 cm³/mol. The Balaban J connectivity index is 1.70. The van der Waals surface area contributed by atoms with Crippen molar-refractivity contribution in [3.05, 3.63) is 58.0 Å². The van der Waals surface area contributed by atoms with Crippen LogP contribution in [0, 0.1) is 5.82 Å². The summed E-state index contributed by atoms with van der Waals surface area (Å²) >= 11 is 0. The molecule has 144 valence electrons. The second kappa shape index (κ2) is 6.43. The fourth-order valence-corrected chi connectivity index (χ4v) is 4.12. The minimum absolute atomic E-state index is 0.187. The Labute approximate surface area is 159 Å². The van der Waals surface area contributed by atoms with Gasteiger partial charge in [0.1, 0.15) is 17.2 Å². The Bertz CT molecular complexity index is 1140. The molecule has 0 spiro atoms. The molecule has 1 saturated heterocycles. The number of hydrogen-bond acceptors (Lipinski definition) is 5. The monoisotopic (exact) mass is 382 g/mol. The molecule has 0 aromatic carbocycles. The number of carbonyl (C=O) groups excluding carboxylic acids is 1. The fourth-order valence-electron chi connectivity index (χ4n) is 4.12. The first-order chi connectivity index (χ1) is 13.6. The number of anilines is 1. The van der Waals surface area contributed by atoms with Crippen molar-refractivity contribution in [2.75, 3.05) is 18.0 Å². The van der Waals surface area contributed by atoms with Crippen molar-refractivity contribution in [1.29, 1.82) is 0 Å². The number of amides is 1. The van der Waals surface area contributed by atoms with Gasteiger partial charge in [0.2, 0.25) is 0 Å². The standard InChI is InChI=1S/C19H19FN6O2/c20-12-9-13-15-3-1-7-25(15)16-4-8-26-17(23-16)14(10-22-26)18(27)21-5-2-6-24(11-12)19(13)28/h4,8-11,15H,1-3,5-7H2,(H,21,27)/t15-/m1/s1. The molecule has 5 heterocycles. The number of aromatic nitrogens is 4. The van der Waals surface area contributed by atoms with E-state index < -0.39 is 5.82 Å². The third-order valence-corrected chi connectivity index (χ3v) is 5.45. The lowest BCUT2D eigenvalue weighted by molar-refractivity contribution is 0.0954. The maximum absolute atomic E-state index is 14.3. The number of halogens is 1. The van der Waals surface area contributed by atoms with Crippen LogP contribution in [0.25, 0.3) is 5.65 Å². The van der Waals surface area contributed by atoms with Gasteiger partial charge in [0, 0.05) is 37.6 Å². The van der Waals surface area contributed by atoms with Gasteiger partial charge in [-0.05, 0) is 31.4 Å². The lowest BCUT2D eigenvalue weighted by Crippen LogP contribution is -2.33. The smallest absolute Gasteiger partial charge is 0.256 e. The molecule has 1 fully saturated rings. The third-order valence-electron chi connectivity index (χ3n) is 5.45. The van der Waals surface area contributed by atoms with E-state index in [1.165, 1.54) is 23.0 Å². The number of pyridine rings is 1. The molecule has 1 atom stereocenters. The maximum atomic E-state index is 14.3. The molecule has 2 aliphatic rings. The normalized spacial score (nSPS) is 19.5. The molecule has 8 nitrogen and oxygen atoms in total. The Kier molecular flexibility index (Phi) is 3.88. The highest BCUT2D eigenvalue weighted by atomic mass is 19.1. The first-order valence-electron chi connectivity index (χ1n) is 9.41. The van der Waals surface area contributed by atoms with Crippen LogP contribution in [0.2, 0.25) is 0 Å². The molecule has 4 bridgehead atoms. The van der Waals surface area contributed by atoms with Gasteiger partial charge in [-0.3, -0.25) is 9.59 Å². The Hall–Kier alpha value is -3.23. The largest absolute Gasteiger partial charge is 0.352 e. The summed E-state index contributed by atoms with van der Waals surface area (Å²) in [5.74, 6) is -0.0437. The van der Waals surface area contributed by atoms with Gasteiger partial charge in [0.15, 0.2) is 5.65 Å². The van der Waals surface area contributed by atoms with E-state index in [1.807, 2.05) is 11.0 Å². The second-order valence-corrected chi connectivity index (χ2v) is 7.19.